The van der Waals surface area contributed by atoms with Crippen LogP contribution in [0.5, 0.6) is 0 Å². The summed E-state index contributed by atoms with van der Waals surface area (Å²) in [4.78, 5) is -0.0889. The molecule has 154 valence electrons. The maximum absolute atomic E-state index is 14.7. The molecule has 0 unspecified atom stereocenters. The van der Waals surface area contributed by atoms with E-state index in [-0.39, 0.29) is 20.8 Å². The van der Waals surface area contributed by atoms with Crippen molar-refractivity contribution in [1.82, 2.24) is 25.3 Å². The van der Waals surface area contributed by atoms with Crippen molar-refractivity contribution in [3.8, 4) is 0 Å². The first kappa shape index (κ1) is 21.6. The number of nitrogens with one attached hydrogen (secondary N) is 2. The van der Waals surface area contributed by atoms with Gasteiger partial charge in [0.05, 0.1) is 21.0 Å². The number of tetrazole rings is 1. The molecule has 0 fully saturated rings. The first-order chi connectivity index (χ1) is 13.6. The molecule has 0 aliphatic heterocycles. The Labute approximate surface area is 177 Å². The third-order valence-electron chi connectivity index (χ3n) is 4.81. The fraction of sp³-hybridized carbons (Fsp3) is 0.278. The summed E-state index contributed by atoms with van der Waals surface area (Å²) < 4.78 is 43.2. The Hall–Kier alpha value is -2.07. The van der Waals surface area contributed by atoms with Gasteiger partial charge >= 0.3 is 0 Å². The predicted octanol–water partition coefficient (Wildman–Crippen LogP) is 4.09. The number of halogens is 3. The first-order valence-electron chi connectivity index (χ1n) is 8.58. The van der Waals surface area contributed by atoms with Gasteiger partial charge in [0.15, 0.2) is 5.82 Å². The number of H-pyrrole nitrogens is 1. The SMILES string of the molecule is Cc1ccc(F)c([C@@H](C)[C@H](NS(=O)(=O)c2ccc(Cl)c(Cl)c2)c2nn[nH]n2)c1C. The Kier molecular flexibility index (Phi) is 6.23. The van der Waals surface area contributed by atoms with Crippen LogP contribution in [-0.2, 0) is 10.0 Å². The fourth-order valence-electron chi connectivity index (χ4n) is 3.09. The van der Waals surface area contributed by atoms with E-state index in [1.807, 2.05) is 6.92 Å². The highest BCUT2D eigenvalue weighted by molar-refractivity contribution is 7.89. The van der Waals surface area contributed by atoms with Gasteiger partial charge < -0.3 is 0 Å². The molecule has 3 aromatic rings. The quantitative estimate of drug-likeness (QED) is 0.580. The van der Waals surface area contributed by atoms with E-state index in [4.69, 9.17) is 23.2 Å². The third-order valence-corrected chi connectivity index (χ3v) is 6.99. The van der Waals surface area contributed by atoms with Crippen LogP contribution in [-0.4, -0.2) is 29.0 Å². The van der Waals surface area contributed by atoms with Crippen molar-refractivity contribution in [2.45, 2.75) is 37.6 Å². The maximum atomic E-state index is 14.7. The van der Waals surface area contributed by atoms with Gasteiger partial charge in [-0.1, -0.05) is 41.4 Å². The van der Waals surface area contributed by atoms with E-state index < -0.39 is 27.8 Å². The number of hydrogen-bond acceptors (Lipinski definition) is 5. The second kappa shape index (κ2) is 8.35. The average Bonchev–Trinajstić information content (AvgIpc) is 3.19. The molecule has 7 nitrogen and oxygen atoms in total. The zero-order chi connectivity index (χ0) is 21.3. The smallest absolute Gasteiger partial charge is 0.207 e. The molecular formula is C18H18Cl2FN5O2S. The van der Waals surface area contributed by atoms with Crippen LogP contribution in [0.4, 0.5) is 4.39 Å². The number of aromatic nitrogens is 4. The third kappa shape index (κ3) is 4.42. The van der Waals surface area contributed by atoms with Crippen LogP contribution in [0.2, 0.25) is 10.0 Å². The van der Waals surface area contributed by atoms with E-state index in [0.717, 1.165) is 11.1 Å². The van der Waals surface area contributed by atoms with E-state index in [1.54, 1.807) is 19.9 Å². The molecule has 29 heavy (non-hydrogen) atoms. The first-order valence-corrected chi connectivity index (χ1v) is 10.8. The number of benzene rings is 2. The summed E-state index contributed by atoms with van der Waals surface area (Å²) in [5.41, 5.74) is 1.98. The van der Waals surface area contributed by atoms with Gasteiger partial charge in [0.25, 0.3) is 0 Å². The van der Waals surface area contributed by atoms with Gasteiger partial charge in [-0.3, -0.25) is 0 Å². The molecule has 0 spiro atoms. The Morgan fingerprint density at radius 2 is 1.86 bits per heavy atom. The molecule has 0 bridgehead atoms. The highest BCUT2D eigenvalue weighted by Gasteiger charge is 2.32. The number of nitrogens with zero attached hydrogens (tertiary/aromatic N) is 3. The molecule has 0 amide bonds. The molecule has 3 rings (SSSR count). The maximum Gasteiger partial charge on any atom is 0.241 e. The lowest BCUT2D eigenvalue weighted by Crippen LogP contribution is -2.33. The van der Waals surface area contributed by atoms with Crippen LogP contribution in [0.1, 0.15) is 41.4 Å². The molecule has 0 saturated carbocycles. The van der Waals surface area contributed by atoms with Crippen LogP contribution in [0, 0.1) is 19.7 Å². The van der Waals surface area contributed by atoms with Crippen LogP contribution in [0.3, 0.4) is 0 Å². The Morgan fingerprint density at radius 3 is 2.48 bits per heavy atom. The topological polar surface area (TPSA) is 101 Å². The van der Waals surface area contributed by atoms with Gasteiger partial charge in [0.1, 0.15) is 5.82 Å². The van der Waals surface area contributed by atoms with Gasteiger partial charge in [-0.15, -0.1) is 10.2 Å². The minimum Gasteiger partial charge on any atom is -0.207 e. The van der Waals surface area contributed by atoms with E-state index in [9.17, 15) is 12.8 Å². The lowest BCUT2D eigenvalue weighted by molar-refractivity contribution is 0.478. The number of aromatic amines is 1. The summed E-state index contributed by atoms with van der Waals surface area (Å²) in [7, 11) is -4.05. The van der Waals surface area contributed by atoms with Crippen molar-refractivity contribution in [3.05, 3.63) is 68.7 Å². The summed E-state index contributed by atoms with van der Waals surface area (Å²) in [6, 6.07) is 5.99. The standard InChI is InChI=1S/C18H18Cl2FN5O2S/c1-9-4-7-15(21)16(10(9)2)11(3)17(18-22-25-26-23-18)24-29(27,28)12-5-6-13(19)14(20)8-12/h4-8,11,17,24H,1-3H3,(H,22,23,25,26)/t11-,17+/m1/s1. The van der Waals surface area contributed by atoms with Crippen LogP contribution >= 0.6 is 23.2 Å². The summed E-state index contributed by atoms with van der Waals surface area (Å²) in [5, 5.41) is 14.0. The summed E-state index contributed by atoms with van der Waals surface area (Å²) in [6.45, 7) is 5.34. The van der Waals surface area contributed by atoms with Crippen LogP contribution in [0.25, 0.3) is 0 Å². The Bertz CT molecular complexity index is 1140. The number of hydrogen-bond donors (Lipinski definition) is 2. The van der Waals surface area contributed by atoms with Crippen molar-refractivity contribution in [3.63, 3.8) is 0 Å². The molecule has 1 heterocycles. The zero-order valence-electron chi connectivity index (χ0n) is 15.7. The van der Waals surface area contributed by atoms with Crippen LogP contribution < -0.4 is 4.72 Å². The summed E-state index contributed by atoms with van der Waals surface area (Å²) in [5.74, 6) is -0.991. The van der Waals surface area contributed by atoms with Crippen molar-refractivity contribution in [2.75, 3.05) is 0 Å². The van der Waals surface area contributed by atoms with Gasteiger partial charge in [-0.25, -0.2) is 12.8 Å². The van der Waals surface area contributed by atoms with Gasteiger partial charge in [-0.05, 0) is 54.8 Å². The fourth-order valence-corrected chi connectivity index (χ4v) is 4.75. The number of sulfonamides is 1. The molecular weight excluding hydrogens is 440 g/mol. The Balaban J connectivity index is 2.05. The second-order valence-electron chi connectivity index (χ2n) is 6.64. The largest absolute Gasteiger partial charge is 0.241 e. The predicted molar refractivity (Wildman–Crippen MR) is 108 cm³/mol. The second-order valence-corrected chi connectivity index (χ2v) is 9.16. The summed E-state index contributed by atoms with van der Waals surface area (Å²) in [6.07, 6.45) is 0. The molecule has 0 saturated heterocycles. The van der Waals surface area contributed by atoms with E-state index in [2.05, 4.69) is 25.3 Å². The van der Waals surface area contributed by atoms with Crippen molar-refractivity contribution < 1.29 is 12.8 Å². The highest BCUT2D eigenvalue weighted by Crippen LogP contribution is 2.35. The number of rotatable bonds is 6. The van der Waals surface area contributed by atoms with Crippen molar-refractivity contribution >= 4 is 33.2 Å². The monoisotopic (exact) mass is 457 g/mol. The lowest BCUT2D eigenvalue weighted by atomic mass is 9.88. The van der Waals surface area contributed by atoms with Gasteiger partial charge in [0, 0.05) is 5.92 Å². The molecule has 2 atom stereocenters. The molecule has 11 heteroatoms. The normalized spacial score (nSPS) is 14.0. The van der Waals surface area contributed by atoms with Crippen molar-refractivity contribution in [2.24, 2.45) is 0 Å². The molecule has 1 aromatic heterocycles. The highest BCUT2D eigenvalue weighted by atomic mass is 35.5. The van der Waals surface area contributed by atoms with Gasteiger partial charge in [-0.2, -0.15) is 9.94 Å². The average molecular weight is 458 g/mol. The molecule has 0 aliphatic rings. The lowest BCUT2D eigenvalue weighted by Gasteiger charge is -2.25. The van der Waals surface area contributed by atoms with Crippen LogP contribution in [0.15, 0.2) is 35.2 Å². The molecule has 0 aliphatic carbocycles. The van der Waals surface area contributed by atoms with Gasteiger partial charge in [0.2, 0.25) is 10.0 Å². The molecule has 0 radical (unpaired) electrons. The molecule has 2 aromatic carbocycles. The minimum atomic E-state index is -4.05. The van der Waals surface area contributed by atoms with E-state index >= 15 is 0 Å². The zero-order valence-corrected chi connectivity index (χ0v) is 18.1. The van der Waals surface area contributed by atoms with E-state index in [0.29, 0.717) is 5.56 Å². The van der Waals surface area contributed by atoms with Crippen molar-refractivity contribution in [1.29, 1.82) is 0 Å². The molecule has 2 N–H and O–H groups in total. The summed E-state index contributed by atoms with van der Waals surface area (Å²) >= 11 is 11.8. The number of aryl methyl sites for hydroxylation is 1. The minimum absolute atomic E-state index is 0.0847. The van der Waals surface area contributed by atoms with E-state index in [1.165, 1.54) is 24.3 Å². The Morgan fingerprint density at radius 1 is 1.14 bits per heavy atom.